The Kier molecular flexibility index (Phi) is 3.49. The predicted molar refractivity (Wildman–Crippen MR) is 53.0 cm³/mol. The van der Waals surface area contributed by atoms with Crippen LogP contribution in [-0.2, 0) is 11.2 Å². The number of hydrogen-bond donors (Lipinski definition) is 0. The minimum Gasteiger partial charge on any atom is -0.379 e. The van der Waals surface area contributed by atoms with Crippen molar-refractivity contribution in [1.29, 1.82) is 0 Å². The number of ether oxygens (including phenoxy) is 1. The Morgan fingerprint density at radius 3 is 2.79 bits per heavy atom. The Hall–Kier alpha value is -0.460. The average molecular weight is 262 g/mol. The lowest BCUT2D eigenvalue weighted by molar-refractivity contribution is 0.0375. The van der Waals surface area contributed by atoms with Gasteiger partial charge in [-0.15, -0.1) is 0 Å². The molecule has 1 saturated heterocycles. The molecule has 2 rings (SSSR count). The Bertz CT molecular complexity index is 286. The minimum absolute atomic E-state index is 0.523. The van der Waals surface area contributed by atoms with Gasteiger partial charge in [-0.3, -0.25) is 4.90 Å². The molecule has 1 aromatic rings. The summed E-state index contributed by atoms with van der Waals surface area (Å²) in [6.07, 6.45) is 0.804. The predicted octanol–water partition coefficient (Wildman–Crippen LogP) is 0.707. The van der Waals surface area contributed by atoms with Gasteiger partial charge in [0.2, 0.25) is 10.6 Å². The monoisotopic (exact) mass is 261 g/mol. The first kappa shape index (κ1) is 10.1. The van der Waals surface area contributed by atoms with Crippen LogP contribution in [0.5, 0.6) is 0 Å². The lowest BCUT2D eigenvalue weighted by Gasteiger charge is -2.25. The van der Waals surface area contributed by atoms with Crippen LogP contribution in [0.1, 0.15) is 5.89 Å². The normalized spacial score (nSPS) is 18.6. The van der Waals surface area contributed by atoms with E-state index in [9.17, 15) is 0 Å². The molecule has 0 saturated carbocycles. The highest BCUT2D eigenvalue weighted by Gasteiger charge is 2.11. The number of morpholine rings is 1. The van der Waals surface area contributed by atoms with E-state index >= 15 is 0 Å². The molecule has 1 fully saturated rings. The van der Waals surface area contributed by atoms with Crippen LogP contribution < -0.4 is 0 Å². The zero-order chi connectivity index (χ0) is 9.80. The Morgan fingerprint density at radius 2 is 2.14 bits per heavy atom. The SMILES string of the molecule is Brc1noc(CCN2CCOCC2)n1. The maximum absolute atomic E-state index is 5.26. The summed E-state index contributed by atoms with van der Waals surface area (Å²) in [5.74, 6) is 0.684. The summed E-state index contributed by atoms with van der Waals surface area (Å²) in [5, 5.41) is 3.67. The summed E-state index contributed by atoms with van der Waals surface area (Å²) in [7, 11) is 0. The molecule has 0 aromatic carbocycles. The van der Waals surface area contributed by atoms with E-state index in [1.165, 1.54) is 0 Å². The van der Waals surface area contributed by atoms with Gasteiger partial charge in [0.1, 0.15) is 0 Å². The summed E-state index contributed by atoms with van der Waals surface area (Å²) in [6.45, 7) is 4.60. The molecule has 0 aliphatic carbocycles. The number of hydrogen-bond acceptors (Lipinski definition) is 5. The summed E-state index contributed by atoms with van der Waals surface area (Å²) in [4.78, 5) is 6.41. The first-order chi connectivity index (χ1) is 6.84. The first-order valence-corrected chi connectivity index (χ1v) is 5.42. The van der Waals surface area contributed by atoms with Crippen molar-refractivity contribution in [1.82, 2.24) is 15.0 Å². The molecule has 14 heavy (non-hydrogen) atoms. The van der Waals surface area contributed by atoms with Gasteiger partial charge in [0.25, 0.3) is 0 Å². The van der Waals surface area contributed by atoms with Crippen LogP contribution in [0.2, 0.25) is 0 Å². The van der Waals surface area contributed by atoms with Crippen molar-refractivity contribution in [2.75, 3.05) is 32.8 Å². The van der Waals surface area contributed by atoms with Crippen LogP contribution in [0.25, 0.3) is 0 Å². The van der Waals surface area contributed by atoms with Gasteiger partial charge in [0, 0.05) is 26.1 Å². The van der Waals surface area contributed by atoms with Crippen molar-refractivity contribution in [3.05, 3.63) is 10.6 Å². The Morgan fingerprint density at radius 1 is 1.36 bits per heavy atom. The molecule has 2 heterocycles. The van der Waals surface area contributed by atoms with Gasteiger partial charge in [0.15, 0.2) is 0 Å². The third-order valence-electron chi connectivity index (χ3n) is 2.19. The molecule has 0 bridgehead atoms. The molecule has 0 N–H and O–H groups in total. The van der Waals surface area contributed by atoms with E-state index in [1.54, 1.807) is 0 Å². The van der Waals surface area contributed by atoms with Crippen molar-refractivity contribution < 1.29 is 9.26 Å². The molecule has 78 valence electrons. The largest absolute Gasteiger partial charge is 0.379 e. The number of halogens is 1. The molecule has 1 aliphatic heterocycles. The number of rotatable bonds is 3. The molecule has 1 aliphatic rings. The molecule has 0 amide bonds. The fourth-order valence-electron chi connectivity index (χ4n) is 1.41. The smallest absolute Gasteiger partial charge is 0.238 e. The first-order valence-electron chi connectivity index (χ1n) is 4.63. The van der Waals surface area contributed by atoms with Crippen molar-refractivity contribution in [3.8, 4) is 0 Å². The summed E-state index contributed by atoms with van der Waals surface area (Å²) in [5.41, 5.74) is 0. The topological polar surface area (TPSA) is 51.4 Å². The highest BCUT2D eigenvalue weighted by molar-refractivity contribution is 9.10. The fraction of sp³-hybridized carbons (Fsp3) is 0.750. The standard InChI is InChI=1S/C8H12BrN3O2/c9-8-10-7(14-11-8)1-2-12-3-5-13-6-4-12/h1-6H2. The van der Waals surface area contributed by atoms with E-state index in [0.717, 1.165) is 39.3 Å². The van der Waals surface area contributed by atoms with Crippen LogP contribution in [0.4, 0.5) is 0 Å². The molecule has 0 spiro atoms. The van der Waals surface area contributed by atoms with Crippen molar-refractivity contribution in [2.24, 2.45) is 0 Å². The lowest BCUT2D eigenvalue weighted by Crippen LogP contribution is -2.37. The fourth-order valence-corrected chi connectivity index (χ4v) is 1.68. The molecule has 1 aromatic heterocycles. The van der Waals surface area contributed by atoms with Crippen LogP contribution in [0.3, 0.4) is 0 Å². The minimum atomic E-state index is 0.523. The van der Waals surface area contributed by atoms with Gasteiger partial charge in [-0.05, 0) is 21.1 Å². The van der Waals surface area contributed by atoms with E-state index in [0.29, 0.717) is 10.6 Å². The van der Waals surface area contributed by atoms with E-state index < -0.39 is 0 Å². The van der Waals surface area contributed by atoms with E-state index in [1.807, 2.05) is 0 Å². The van der Waals surface area contributed by atoms with E-state index in [-0.39, 0.29) is 0 Å². The van der Waals surface area contributed by atoms with E-state index in [2.05, 4.69) is 31.0 Å². The molecule has 6 heteroatoms. The van der Waals surface area contributed by atoms with Gasteiger partial charge in [0.05, 0.1) is 13.2 Å². The Balaban J connectivity index is 1.76. The third-order valence-corrected chi connectivity index (χ3v) is 2.51. The van der Waals surface area contributed by atoms with Gasteiger partial charge in [-0.2, -0.15) is 4.98 Å². The van der Waals surface area contributed by atoms with Crippen molar-refractivity contribution >= 4 is 15.9 Å². The highest BCUT2D eigenvalue weighted by atomic mass is 79.9. The van der Waals surface area contributed by atoms with Crippen LogP contribution in [0, 0.1) is 0 Å². The molecular weight excluding hydrogens is 250 g/mol. The maximum atomic E-state index is 5.26. The zero-order valence-corrected chi connectivity index (χ0v) is 9.36. The number of nitrogens with zero attached hydrogens (tertiary/aromatic N) is 3. The number of aromatic nitrogens is 2. The molecule has 0 atom stereocenters. The second-order valence-corrected chi connectivity index (χ2v) is 3.87. The van der Waals surface area contributed by atoms with Crippen molar-refractivity contribution in [2.45, 2.75) is 6.42 Å². The molecular formula is C8H12BrN3O2. The second-order valence-electron chi connectivity index (χ2n) is 3.16. The van der Waals surface area contributed by atoms with Crippen LogP contribution in [-0.4, -0.2) is 47.9 Å². The lowest BCUT2D eigenvalue weighted by atomic mass is 10.3. The van der Waals surface area contributed by atoms with Gasteiger partial charge >= 0.3 is 0 Å². The van der Waals surface area contributed by atoms with Crippen molar-refractivity contribution in [3.63, 3.8) is 0 Å². The average Bonchev–Trinajstić information content (AvgIpc) is 2.63. The molecule has 5 nitrogen and oxygen atoms in total. The third kappa shape index (κ3) is 2.76. The maximum Gasteiger partial charge on any atom is 0.238 e. The van der Waals surface area contributed by atoms with Crippen LogP contribution >= 0.6 is 15.9 Å². The summed E-state index contributed by atoms with van der Waals surface area (Å²) >= 11 is 3.15. The highest BCUT2D eigenvalue weighted by Crippen LogP contribution is 2.05. The van der Waals surface area contributed by atoms with Gasteiger partial charge in [-0.1, -0.05) is 0 Å². The quantitative estimate of drug-likeness (QED) is 0.802. The zero-order valence-electron chi connectivity index (χ0n) is 7.78. The Labute approximate surface area is 90.5 Å². The van der Waals surface area contributed by atoms with Crippen LogP contribution in [0.15, 0.2) is 9.26 Å². The van der Waals surface area contributed by atoms with E-state index in [4.69, 9.17) is 9.26 Å². The summed E-state index contributed by atoms with van der Waals surface area (Å²) in [6, 6.07) is 0. The summed E-state index contributed by atoms with van der Waals surface area (Å²) < 4.78 is 10.8. The van der Waals surface area contributed by atoms with Gasteiger partial charge < -0.3 is 9.26 Å². The second kappa shape index (κ2) is 4.86. The molecule has 0 unspecified atom stereocenters. The molecule has 0 radical (unpaired) electrons. The van der Waals surface area contributed by atoms with Gasteiger partial charge in [-0.25, -0.2) is 0 Å².